The van der Waals surface area contributed by atoms with E-state index in [1.54, 1.807) is 6.07 Å². The van der Waals surface area contributed by atoms with Crippen LogP contribution in [0.1, 0.15) is 44.0 Å². The summed E-state index contributed by atoms with van der Waals surface area (Å²) in [6.07, 6.45) is 1.13. The van der Waals surface area contributed by atoms with E-state index in [1.807, 2.05) is 20.8 Å². The summed E-state index contributed by atoms with van der Waals surface area (Å²) in [6, 6.07) is 4.12. The van der Waals surface area contributed by atoms with Crippen molar-refractivity contribution in [3.8, 4) is 0 Å². The molecule has 1 rings (SSSR count). The number of urea groups is 1. The molecule has 1 aromatic rings. The minimum Gasteiger partial charge on any atom is -0.465 e. The normalized spacial score (nSPS) is 10.1. The fraction of sp³-hybridized carbons (Fsp3) is 0.438. The third-order valence-corrected chi connectivity index (χ3v) is 2.85. The van der Waals surface area contributed by atoms with Gasteiger partial charge in [0, 0.05) is 18.2 Å². The molecular formula is C16H23N3O4. The van der Waals surface area contributed by atoms with Gasteiger partial charge < -0.3 is 20.7 Å². The monoisotopic (exact) mass is 321 g/mol. The van der Waals surface area contributed by atoms with E-state index in [0.717, 1.165) is 6.42 Å². The van der Waals surface area contributed by atoms with Crippen LogP contribution in [-0.2, 0) is 9.53 Å². The smallest absolute Gasteiger partial charge is 0.339 e. The number of amides is 3. The van der Waals surface area contributed by atoms with Crippen LogP contribution in [0.15, 0.2) is 18.2 Å². The average Bonchev–Trinajstić information content (AvgIpc) is 2.46. The van der Waals surface area contributed by atoms with Crippen molar-refractivity contribution in [2.75, 3.05) is 17.7 Å². The maximum Gasteiger partial charge on any atom is 0.339 e. The molecule has 0 heterocycles. The molecule has 3 amide bonds. The number of esters is 1. The van der Waals surface area contributed by atoms with Gasteiger partial charge in [-0.3, -0.25) is 4.79 Å². The summed E-state index contributed by atoms with van der Waals surface area (Å²) in [6.45, 7) is 5.55. The number of nitrogens with one attached hydrogen (secondary N) is 3. The van der Waals surface area contributed by atoms with Gasteiger partial charge >= 0.3 is 12.0 Å². The quantitative estimate of drug-likeness (QED) is 0.702. The lowest BCUT2D eigenvalue weighted by molar-refractivity contribution is -0.116. The Morgan fingerprint density at radius 2 is 1.87 bits per heavy atom. The first-order chi connectivity index (χ1) is 10.9. The van der Waals surface area contributed by atoms with Gasteiger partial charge in [-0.05, 0) is 38.5 Å². The standard InChI is InChI=1S/C16H23N3O4/c1-5-6-14(20)18-11-7-8-12(15(21)23-4)13(9-11)19-16(22)17-10(2)3/h7-10H,5-6H2,1-4H3,(H,18,20)(H2,17,19,22). The highest BCUT2D eigenvalue weighted by Crippen LogP contribution is 2.22. The number of methoxy groups -OCH3 is 1. The number of hydrogen-bond donors (Lipinski definition) is 3. The SMILES string of the molecule is CCCC(=O)Nc1ccc(C(=O)OC)c(NC(=O)NC(C)C)c1. The van der Waals surface area contributed by atoms with E-state index in [9.17, 15) is 14.4 Å². The van der Waals surface area contributed by atoms with Crippen molar-refractivity contribution in [3.05, 3.63) is 23.8 Å². The molecule has 0 aliphatic rings. The Morgan fingerprint density at radius 3 is 2.43 bits per heavy atom. The Kier molecular flexibility index (Phi) is 7.05. The van der Waals surface area contributed by atoms with E-state index in [2.05, 4.69) is 16.0 Å². The predicted molar refractivity (Wildman–Crippen MR) is 88.6 cm³/mol. The van der Waals surface area contributed by atoms with Gasteiger partial charge in [0.25, 0.3) is 0 Å². The third-order valence-electron chi connectivity index (χ3n) is 2.85. The van der Waals surface area contributed by atoms with Gasteiger partial charge in [0.2, 0.25) is 5.91 Å². The van der Waals surface area contributed by atoms with Gasteiger partial charge in [0.05, 0.1) is 18.4 Å². The lowest BCUT2D eigenvalue weighted by Gasteiger charge is -2.14. The predicted octanol–water partition coefficient (Wildman–Crippen LogP) is 2.74. The molecule has 0 bridgehead atoms. The number of carbonyl (C=O) groups is 3. The van der Waals surface area contributed by atoms with Crippen LogP contribution in [0.25, 0.3) is 0 Å². The van der Waals surface area contributed by atoms with Crippen molar-refractivity contribution >= 4 is 29.3 Å². The van der Waals surface area contributed by atoms with Crippen LogP contribution in [0.5, 0.6) is 0 Å². The highest BCUT2D eigenvalue weighted by Gasteiger charge is 2.15. The molecule has 0 aliphatic heterocycles. The van der Waals surface area contributed by atoms with Gasteiger partial charge in [-0.1, -0.05) is 6.92 Å². The molecule has 0 aromatic heterocycles. The minimum absolute atomic E-state index is 0.0518. The van der Waals surface area contributed by atoms with Crippen molar-refractivity contribution in [1.29, 1.82) is 0 Å². The molecule has 0 fully saturated rings. The molecular weight excluding hydrogens is 298 g/mol. The highest BCUT2D eigenvalue weighted by atomic mass is 16.5. The van der Waals surface area contributed by atoms with Crippen molar-refractivity contribution in [1.82, 2.24) is 5.32 Å². The third kappa shape index (κ3) is 5.98. The molecule has 126 valence electrons. The lowest BCUT2D eigenvalue weighted by Crippen LogP contribution is -2.34. The van der Waals surface area contributed by atoms with Crippen LogP contribution >= 0.6 is 0 Å². The Balaban J connectivity index is 3.02. The summed E-state index contributed by atoms with van der Waals surface area (Å²) in [5.74, 6) is -0.702. The second-order valence-corrected chi connectivity index (χ2v) is 5.30. The maximum absolute atomic E-state index is 11.9. The van der Waals surface area contributed by atoms with E-state index < -0.39 is 12.0 Å². The van der Waals surface area contributed by atoms with Crippen LogP contribution < -0.4 is 16.0 Å². The molecule has 0 aliphatic carbocycles. The fourth-order valence-electron chi connectivity index (χ4n) is 1.88. The Morgan fingerprint density at radius 1 is 1.17 bits per heavy atom. The zero-order valence-electron chi connectivity index (χ0n) is 13.9. The molecule has 3 N–H and O–H groups in total. The van der Waals surface area contributed by atoms with Gasteiger partial charge in [-0.15, -0.1) is 0 Å². The van der Waals surface area contributed by atoms with Crippen LogP contribution in [0, 0.1) is 0 Å². The van der Waals surface area contributed by atoms with Crippen molar-refractivity contribution in [3.63, 3.8) is 0 Å². The van der Waals surface area contributed by atoms with Gasteiger partial charge in [-0.2, -0.15) is 0 Å². The van der Waals surface area contributed by atoms with E-state index in [4.69, 9.17) is 4.74 Å². The number of carbonyl (C=O) groups excluding carboxylic acids is 3. The van der Waals surface area contributed by atoms with Gasteiger partial charge in [0.1, 0.15) is 0 Å². The molecule has 23 heavy (non-hydrogen) atoms. The van der Waals surface area contributed by atoms with E-state index in [-0.39, 0.29) is 23.2 Å². The van der Waals surface area contributed by atoms with Crippen molar-refractivity contribution in [2.24, 2.45) is 0 Å². The highest BCUT2D eigenvalue weighted by molar-refractivity contribution is 6.02. The average molecular weight is 321 g/mol. The number of rotatable bonds is 6. The molecule has 7 heteroatoms. The van der Waals surface area contributed by atoms with Crippen LogP contribution in [-0.4, -0.2) is 31.1 Å². The number of anilines is 2. The summed E-state index contributed by atoms with van der Waals surface area (Å²) in [4.78, 5) is 35.3. The molecule has 0 unspecified atom stereocenters. The Bertz CT molecular complexity index is 585. The van der Waals surface area contributed by atoms with Gasteiger partial charge in [0.15, 0.2) is 0 Å². The summed E-state index contributed by atoms with van der Waals surface area (Å²) in [5.41, 5.74) is 0.972. The minimum atomic E-state index is -0.573. The van der Waals surface area contributed by atoms with E-state index >= 15 is 0 Å². The van der Waals surface area contributed by atoms with Crippen LogP contribution in [0.3, 0.4) is 0 Å². The van der Waals surface area contributed by atoms with Crippen molar-refractivity contribution < 1.29 is 19.1 Å². The first kappa shape index (κ1) is 18.5. The zero-order chi connectivity index (χ0) is 17.4. The first-order valence-electron chi connectivity index (χ1n) is 7.47. The zero-order valence-corrected chi connectivity index (χ0v) is 13.9. The second kappa shape index (κ2) is 8.77. The largest absolute Gasteiger partial charge is 0.465 e. The summed E-state index contributed by atoms with van der Waals surface area (Å²) in [7, 11) is 1.26. The molecule has 0 atom stereocenters. The molecule has 0 saturated heterocycles. The first-order valence-corrected chi connectivity index (χ1v) is 7.47. The molecule has 1 aromatic carbocycles. The number of hydrogen-bond acceptors (Lipinski definition) is 4. The molecule has 7 nitrogen and oxygen atoms in total. The van der Waals surface area contributed by atoms with E-state index in [0.29, 0.717) is 12.1 Å². The summed E-state index contributed by atoms with van der Waals surface area (Å²) >= 11 is 0. The lowest BCUT2D eigenvalue weighted by atomic mass is 10.1. The molecule has 0 radical (unpaired) electrons. The molecule has 0 saturated carbocycles. The summed E-state index contributed by atoms with van der Waals surface area (Å²) in [5, 5.41) is 7.99. The second-order valence-electron chi connectivity index (χ2n) is 5.30. The topological polar surface area (TPSA) is 96.5 Å². The number of benzene rings is 1. The van der Waals surface area contributed by atoms with Crippen LogP contribution in [0.2, 0.25) is 0 Å². The Labute approximate surface area is 135 Å². The summed E-state index contributed by atoms with van der Waals surface area (Å²) < 4.78 is 4.70. The van der Waals surface area contributed by atoms with E-state index in [1.165, 1.54) is 19.2 Å². The maximum atomic E-state index is 11.9. The fourth-order valence-corrected chi connectivity index (χ4v) is 1.88. The van der Waals surface area contributed by atoms with Crippen molar-refractivity contribution in [2.45, 2.75) is 39.7 Å². The van der Waals surface area contributed by atoms with Crippen LogP contribution in [0.4, 0.5) is 16.2 Å². The molecule has 0 spiro atoms. The van der Waals surface area contributed by atoms with Gasteiger partial charge in [-0.25, -0.2) is 9.59 Å². The Hall–Kier alpha value is -2.57. The number of ether oxygens (including phenoxy) is 1.